The van der Waals surface area contributed by atoms with E-state index in [1.54, 1.807) is 0 Å². The minimum absolute atomic E-state index is 0.224. The molecule has 0 amide bonds. The Balaban J connectivity index is 2.15. The maximum Gasteiger partial charge on any atom is 0.0233 e. The molecule has 0 aliphatic heterocycles. The van der Waals surface area contributed by atoms with Crippen molar-refractivity contribution in [1.29, 1.82) is 0 Å². The van der Waals surface area contributed by atoms with Crippen LogP contribution in [0.15, 0.2) is 30.3 Å². The van der Waals surface area contributed by atoms with Crippen molar-refractivity contribution < 1.29 is 0 Å². The van der Waals surface area contributed by atoms with Crippen LogP contribution in [-0.4, -0.2) is 4.32 Å². The van der Waals surface area contributed by atoms with Crippen molar-refractivity contribution in [3.63, 3.8) is 0 Å². The van der Waals surface area contributed by atoms with Crippen LogP contribution >= 0.6 is 15.9 Å². The minimum atomic E-state index is 0.224. The summed E-state index contributed by atoms with van der Waals surface area (Å²) in [6.07, 6.45) is 16.7. The molecule has 138 valence electrons. The molecule has 1 heteroatoms. The van der Waals surface area contributed by atoms with Gasteiger partial charge in [0.1, 0.15) is 0 Å². The van der Waals surface area contributed by atoms with Gasteiger partial charge in [-0.3, -0.25) is 0 Å². The molecule has 0 heterocycles. The number of hydrogen-bond donors (Lipinski definition) is 0. The fourth-order valence-corrected chi connectivity index (χ4v) is 3.86. The van der Waals surface area contributed by atoms with E-state index in [1.165, 1.54) is 82.6 Å². The fourth-order valence-electron chi connectivity index (χ4n) is 3.46. The second kappa shape index (κ2) is 13.0. The zero-order chi connectivity index (χ0) is 17.7. The smallest absolute Gasteiger partial charge is 0.0233 e. The molecule has 0 fully saturated rings. The highest BCUT2D eigenvalue weighted by Gasteiger charge is 2.26. The van der Waals surface area contributed by atoms with E-state index in [9.17, 15) is 0 Å². The molecule has 1 atom stereocenters. The molecular formula is C23H39Br. The summed E-state index contributed by atoms with van der Waals surface area (Å²) in [5.41, 5.74) is 1.47. The second-order valence-corrected chi connectivity index (χ2v) is 9.97. The van der Waals surface area contributed by atoms with Crippen molar-refractivity contribution in [3.8, 4) is 0 Å². The number of benzene rings is 1. The molecule has 24 heavy (non-hydrogen) atoms. The highest BCUT2D eigenvalue weighted by atomic mass is 79.9. The summed E-state index contributed by atoms with van der Waals surface area (Å²) in [7, 11) is 0. The van der Waals surface area contributed by atoms with Gasteiger partial charge in [-0.15, -0.1) is 0 Å². The summed E-state index contributed by atoms with van der Waals surface area (Å²) in [4.78, 5) is 0. The predicted molar refractivity (Wildman–Crippen MR) is 113 cm³/mol. The van der Waals surface area contributed by atoms with E-state index in [2.05, 4.69) is 67.0 Å². The van der Waals surface area contributed by atoms with Gasteiger partial charge in [0.25, 0.3) is 0 Å². The molecule has 0 saturated heterocycles. The van der Waals surface area contributed by atoms with Crippen molar-refractivity contribution in [2.45, 2.75) is 102 Å². The van der Waals surface area contributed by atoms with Crippen molar-refractivity contribution in [1.82, 2.24) is 0 Å². The van der Waals surface area contributed by atoms with Gasteiger partial charge in [0, 0.05) is 4.32 Å². The fraction of sp³-hybridized carbons (Fsp3) is 0.739. The SMILES string of the molecule is CCCCCCCCCCCCC(Cc1ccccc1)C(C)(C)Br. The monoisotopic (exact) mass is 394 g/mol. The third kappa shape index (κ3) is 10.5. The first-order valence-electron chi connectivity index (χ1n) is 10.3. The Labute approximate surface area is 160 Å². The normalized spacial score (nSPS) is 13.2. The maximum absolute atomic E-state index is 3.93. The van der Waals surface area contributed by atoms with Crippen LogP contribution < -0.4 is 0 Å². The summed E-state index contributed by atoms with van der Waals surface area (Å²) in [5, 5.41) is 0. The molecule has 1 rings (SSSR count). The Morgan fingerprint density at radius 3 is 1.79 bits per heavy atom. The number of alkyl halides is 1. The highest BCUT2D eigenvalue weighted by Crippen LogP contribution is 2.33. The van der Waals surface area contributed by atoms with Crippen LogP contribution in [0.3, 0.4) is 0 Å². The molecule has 0 N–H and O–H groups in total. The van der Waals surface area contributed by atoms with Crippen molar-refractivity contribution in [2.75, 3.05) is 0 Å². The topological polar surface area (TPSA) is 0 Å². The van der Waals surface area contributed by atoms with Crippen molar-refractivity contribution in [2.24, 2.45) is 5.92 Å². The Kier molecular flexibility index (Phi) is 11.8. The van der Waals surface area contributed by atoms with E-state index in [4.69, 9.17) is 0 Å². The quantitative estimate of drug-likeness (QED) is 0.219. The Morgan fingerprint density at radius 2 is 1.29 bits per heavy atom. The van der Waals surface area contributed by atoms with Crippen LogP contribution in [0, 0.1) is 5.92 Å². The Hall–Kier alpha value is -0.300. The van der Waals surface area contributed by atoms with Gasteiger partial charge in [-0.2, -0.15) is 0 Å². The maximum atomic E-state index is 3.93. The molecule has 0 bridgehead atoms. The highest BCUT2D eigenvalue weighted by molar-refractivity contribution is 9.10. The molecule has 0 saturated carbocycles. The average Bonchev–Trinajstić information content (AvgIpc) is 2.55. The van der Waals surface area contributed by atoms with Crippen LogP contribution in [0.4, 0.5) is 0 Å². The van der Waals surface area contributed by atoms with E-state index in [1.807, 2.05) is 0 Å². The van der Waals surface area contributed by atoms with Crippen LogP contribution in [0.25, 0.3) is 0 Å². The first-order chi connectivity index (χ1) is 11.5. The molecule has 0 aromatic heterocycles. The molecule has 0 aliphatic rings. The third-order valence-corrected chi connectivity index (χ3v) is 5.85. The summed E-state index contributed by atoms with van der Waals surface area (Å²) < 4.78 is 0.224. The molecule has 0 nitrogen and oxygen atoms in total. The van der Waals surface area contributed by atoms with Gasteiger partial charge >= 0.3 is 0 Å². The van der Waals surface area contributed by atoms with Crippen LogP contribution in [0.5, 0.6) is 0 Å². The predicted octanol–water partition coefficient (Wildman–Crippen LogP) is 8.33. The molecule has 1 aromatic rings. The lowest BCUT2D eigenvalue weighted by molar-refractivity contribution is 0.380. The first-order valence-corrected chi connectivity index (χ1v) is 11.1. The summed E-state index contributed by atoms with van der Waals surface area (Å²) >= 11 is 3.93. The summed E-state index contributed by atoms with van der Waals surface area (Å²) in [6.45, 7) is 6.95. The summed E-state index contributed by atoms with van der Waals surface area (Å²) in [5.74, 6) is 0.717. The number of unbranched alkanes of at least 4 members (excludes halogenated alkanes) is 9. The first kappa shape index (κ1) is 21.7. The molecule has 0 spiro atoms. The zero-order valence-electron chi connectivity index (χ0n) is 16.3. The van der Waals surface area contributed by atoms with Crippen molar-refractivity contribution in [3.05, 3.63) is 35.9 Å². The third-order valence-electron chi connectivity index (χ3n) is 5.20. The molecule has 0 aliphatic carbocycles. The van der Waals surface area contributed by atoms with E-state index in [0.29, 0.717) is 5.92 Å². The van der Waals surface area contributed by atoms with Gasteiger partial charge in [-0.1, -0.05) is 117 Å². The van der Waals surface area contributed by atoms with Crippen LogP contribution in [0.2, 0.25) is 0 Å². The van der Waals surface area contributed by atoms with Gasteiger partial charge < -0.3 is 0 Å². The lowest BCUT2D eigenvalue weighted by Gasteiger charge is -2.29. The number of halogens is 1. The Morgan fingerprint density at radius 1 is 0.792 bits per heavy atom. The van der Waals surface area contributed by atoms with Gasteiger partial charge in [0.15, 0.2) is 0 Å². The standard InChI is InChI=1S/C23H39Br/c1-4-5-6-7-8-9-10-11-12-16-19-22(23(2,3)24)20-21-17-14-13-15-18-21/h13-15,17-18,22H,4-12,16,19-20H2,1-3H3. The van der Waals surface area contributed by atoms with Crippen LogP contribution in [0.1, 0.15) is 97.0 Å². The average molecular weight is 395 g/mol. The molecule has 0 radical (unpaired) electrons. The van der Waals surface area contributed by atoms with Gasteiger partial charge in [0.05, 0.1) is 0 Å². The number of hydrogen-bond acceptors (Lipinski definition) is 0. The second-order valence-electron chi connectivity index (χ2n) is 7.92. The lowest BCUT2D eigenvalue weighted by Crippen LogP contribution is -2.26. The van der Waals surface area contributed by atoms with Gasteiger partial charge in [-0.05, 0) is 38.2 Å². The zero-order valence-corrected chi connectivity index (χ0v) is 17.9. The van der Waals surface area contributed by atoms with Crippen molar-refractivity contribution >= 4 is 15.9 Å². The minimum Gasteiger partial charge on any atom is -0.0856 e. The largest absolute Gasteiger partial charge is 0.0856 e. The molecular weight excluding hydrogens is 356 g/mol. The molecule has 1 unspecified atom stereocenters. The molecule has 1 aromatic carbocycles. The van der Waals surface area contributed by atoms with E-state index < -0.39 is 0 Å². The number of rotatable bonds is 14. The lowest BCUT2D eigenvalue weighted by atomic mass is 9.84. The summed E-state index contributed by atoms with van der Waals surface area (Å²) in [6, 6.07) is 11.0. The van der Waals surface area contributed by atoms with Crippen LogP contribution in [-0.2, 0) is 6.42 Å². The van der Waals surface area contributed by atoms with E-state index in [-0.39, 0.29) is 4.32 Å². The Bertz CT molecular complexity index is 390. The van der Waals surface area contributed by atoms with Gasteiger partial charge in [-0.25, -0.2) is 0 Å². The van der Waals surface area contributed by atoms with Gasteiger partial charge in [0.2, 0.25) is 0 Å². The van der Waals surface area contributed by atoms with E-state index in [0.717, 1.165) is 0 Å². The van der Waals surface area contributed by atoms with E-state index >= 15 is 0 Å².